The van der Waals surface area contributed by atoms with Gasteiger partial charge in [-0.3, -0.25) is 5.43 Å². The highest BCUT2D eigenvalue weighted by atomic mass is 16.6. The molecule has 1 rings (SSSR count). The van der Waals surface area contributed by atoms with E-state index < -0.39 is 11.7 Å². The Labute approximate surface area is 96.8 Å². The van der Waals surface area contributed by atoms with Crippen LogP contribution in [0.3, 0.4) is 0 Å². The molecule has 0 aromatic rings. The molecule has 94 valence electrons. The molecule has 0 saturated carbocycles. The fraction of sp³-hybridized carbons (Fsp3) is 0.909. The van der Waals surface area contributed by atoms with E-state index in [1.54, 1.807) is 0 Å². The maximum Gasteiger partial charge on any atom is 0.422 e. The van der Waals surface area contributed by atoms with Crippen molar-refractivity contribution in [2.24, 2.45) is 0 Å². The van der Waals surface area contributed by atoms with Gasteiger partial charge in [0.25, 0.3) is 0 Å². The van der Waals surface area contributed by atoms with Gasteiger partial charge < -0.3 is 9.47 Å². The summed E-state index contributed by atoms with van der Waals surface area (Å²) in [5, 5.41) is 0. The first-order valence-electron chi connectivity index (χ1n) is 5.73. The third kappa shape index (κ3) is 5.32. The SMILES string of the molecule is C[C@H]1CC(NNC(=O)OC(C)(C)C)CCO1. The number of carbonyl (C=O) groups excluding carboxylic acids is 1. The van der Waals surface area contributed by atoms with Crippen LogP contribution in [0.15, 0.2) is 0 Å². The summed E-state index contributed by atoms with van der Waals surface area (Å²) in [6.45, 7) is 8.27. The summed E-state index contributed by atoms with van der Waals surface area (Å²) in [5.41, 5.74) is 5.07. The lowest BCUT2D eigenvalue weighted by Crippen LogP contribution is -2.49. The molecular formula is C11H22N2O3. The summed E-state index contributed by atoms with van der Waals surface area (Å²) in [4.78, 5) is 11.4. The van der Waals surface area contributed by atoms with Gasteiger partial charge >= 0.3 is 6.09 Å². The summed E-state index contributed by atoms with van der Waals surface area (Å²) in [6, 6.07) is 0.260. The van der Waals surface area contributed by atoms with E-state index in [4.69, 9.17) is 9.47 Å². The molecule has 1 aliphatic heterocycles. The Morgan fingerprint density at radius 2 is 2.12 bits per heavy atom. The second-order valence-corrected chi connectivity index (χ2v) is 5.17. The van der Waals surface area contributed by atoms with Gasteiger partial charge in [0, 0.05) is 12.6 Å². The van der Waals surface area contributed by atoms with Crippen molar-refractivity contribution >= 4 is 6.09 Å². The van der Waals surface area contributed by atoms with Gasteiger partial charge in [-0.2, -0.15) is 0 Å². The van der Waals surface area contributed by atoms with E-state index in [0.29, 0.717) is 0 Å². The van der Waals surface area contributed by atoms with Crippen molar-refractivity contribution < 1.29 is 14.3 Å². The van der Waals surface area contributed by atoms with Crippen molar-refractivity contribution in [2.45, 2.75) is 58.3 Å². The van der Waals surface area contributed by atoms with Crippen molar-refractivity contribution in [3.05, 3.63) is 0 Å². The number of carbonyl (C=O) groups is 1. The summed E-state index contributed by atoms with van der Waals surface area (Å²) in [5.74, 6) is 0. The molecule has 5 heteroatoms. The summed E-state index contributed by atoms with van der Waals surface area (Å²) >= 11 is 0. The Morgan fingerprint density at radius 1 is 1.44 bits per heavy atom. The summed E-state index contributed by atoms with van der Waals surface area (Å²) in [7, 11) is 0. The van der Waals surface area contributed by atoms with Crippen LogP contribution in [0.2, 0.25) is 0 Å². The molecule has 0 aromatic carbocycles. The van der Waals surface area contributed by atoms with Crippen molar-refractivity contribution in [3.63, 3.8) is 0 Å². The number of hydrogen-bond donors (Lipinski definition) is 2. The van der Waals surface area contributed by atoms with Crippen molar-refractivity contribution in [2.75, 3.05) is 6.61 Å². The van der Waals surface area contributed by atoms with E-state index in [0.717, 1.165) is 19.4 Å². The van der Waals surface area contributed by atoms with Crippen LogP contribution >= 0.6 is 0 Å². The summed E-state index contributed by atoms with van der Waals surface area (Å²) < 4.78 is 10.5. The smallest absolute Gasteiger partial charge is 0.422 e. The van der Waals surface area contributed by atoms with Gasteiger partial charge in [-0.15, -0.1) is 0 Å². The van der Waals surface area contributed by atoms with Crippen molar-refractivity contribution in [1.29, 1.82) is 0 Å². The highest BCUT2D eigenvalue weighted by molar-refractivity contribution is 5.67. The van der Waals surface area contributed by atoms with Crippen LogP contribution in [0.4, 0.5) is 4.79 Å². The summed E-state index contributed by atoms with van der Waals surface area (Å²) in [6.07, 6.45) is 1.61. The van der Waals surface area contributed by atoms with E-state index in [-0.39, 0.29) is 12.1 Å². The largest absolute Gasteiger partial charge is 0.443 e. The third-order valence-electron chi connectivity index (χ3n) is 2.26. The first-order valence-corrected chi connectivity index (χ1v) is 5.73. The number of rotatable bonds is 2. The zero-order chi connectivity index (χ0) is 12.2. The molecule has 2 atom stereocenters. The molecule has 1 saturated heterocycles. The molecular weight excluding hydrogens is 208 g/mol. The zero-order valence-corrected chi connectivity index (χ0v) is 10.5. The van der Waals surface area contributed by atoms with Crippen LogP contribution in [0.5, 0.6) is 0 Å². The fourth-order valence-corrected chi connectivity index (χ4v) is 1.59. The van der Waals surface area contributed by atoms with Gasteiger partial charge in [-0.25, -0.2) is 10.2 Å². The molecule has 2 N–H and O–H groups in total. The molecule has 1 unspecified atom stereocenters. The lowest BCUT2D eigenvalue weighted by atomic mass is 10.1. The van der Waals surface area contributed by atoms with E-state index in [1.165, 1.54) is 0 Å². The predicted octanol–water partition coefficient (Wildman–Crippen LogP) is 1.58. The zero-order valence-electron chi connectivity index (χ0n) is 10.5. The molecule has 0 radical (unpaired) electrons. The number of hydrazine groups is 1. The number of nitrogens with one attached hydrogen (secondary N) is 2. The van der Waals surface area contributed by atoms with Crippen LogP contribution in [-0.2, 0) is 9.47 Å². The Morgan fingerprint density at radius 3 is 2.69 bits per heavy atom. The van der Waals surface area contributed by atoms with E-state index in [9.17, 15) is 4.79 Å². The highest BCUT2D eigenvalue weighted by Crippen LogP contribution is 2.12. The van der Waals surface area contributed by atoms with Gasteiger partial charge in [-0.1, -0.05) is 0 Å². The van der Waals surface area contributed by atoms with Crippen molar-refractivity contribution in [1.82, 2.24) is 10.9 Å². The first kappa shape index (κ1) is 13.3. The lowest BCUT2D eigenvalue weighted by molar-refractivity contribution is 0.00737. The van der Waals surface area contributed by atoms with Crippen LogP contribution in [-0.4, -0.2) is 30.4 Å². The lowest BCUT2D eigenvalue weighted by Gasteiger charge is -2.28. The van der Waals surface area contributed by atoms with Crippen LogP contribution in [0.1, 0.15) is 40.5 Å². The Bertz CT molecular complexity index is 238. The van der Waals surface area contributed by atoms with Gasteiger partial charge in [0.05, 0.1) is 6.10 Å². The number of ether oxygens (including phenoxy) is 2. The minimum absolute atomic E-state index is 0.242. The maximum absolute atomic E-state index is 11.4. The molecule has 1 fully saturated rings. The number of amides is 1. The molecule has 0 spiro atoms. The minimum Gasteiger partial charge on any atom is -0.443 e. The molecule has 1 aliphatic rings. The number of hydrogen-bond acceptors (Lipinski definition) is 4. The van der Waals surface area contributed by atoms with Gasteiger partial charge in [-0.05, 0) is 40.5 Å². The monoisotopic (exact) mass is 230 g/mol. The van der Waals surface area contributed by atoms with Gasteiger partial charge in [0.2, 0.25) is 0 Å². The molecule has 16 heavy (non-hydrogen) atoms. The van der Waals surface area contributed by atoms with Crippen LogP contribution in [0, 0.1) is 0 Å². The first-order chi connectivity index (χ1) is 7.37. The topological polar surface area (TPSA) is 59.6 Å². The fourth-order valence-electron chi connectivity index (χ4n) is 1.59. The average Bonchev–Trinajstić information content (AvgIpc) is 2.12. The standard InChI is InChI=1S/C11H22N2O3/c1-8-7-9(5-6-15-8)12-13-10(14)16-11(2,3)4/h8-9,12H,5-7H2,1-4H3,(H,13,14)/t8-,9?/m0/s1. The van der Waals surface area contributed by atoms with Crippen LogP contribution < -0.4 is 10.9 Å². The highest BCUT2D eigenvalue weighted by Gasteiger charge is 2.21. The van der Waals surface area contributed by atoms with Gasteiger partial charge in [0.1, 0.15) is 5.60 Å². The maximum atomic E-state index is 11.4. The minimum atomic E-state index is -0.464. The normalized spacial score (nSPS) is 26.2. The Balaban J connectivity index is 2.21. The Kier molecular flexibility index (Phi) is 4.56. The molecule has 5 nitrogen and oxygen atoms in total. The second-order valence-electron chi connectivity index (χ2n) is 5.17. The van der Waals surface area contributed by atoms with Crippen molar-refractivity contribution in [3.8, 4) is 0 Å². The third-order valence-corrected chi connectivity index (χ3v) is 2.26. The molecule has 1 heterocycles. The quantitative estimate of drug-likeness (QED) is 0.707. The molecule has 1 amide bonds. The van der Waals surface area contributed by atoms with Gasteiger partial charge in [0.15, 0.2) is 0 Å². The second kappa shape index (κ2) is 5.50. The molecule has 0 aliphatic carbocycles. The average molecular weight is 230 g/mol. The molecule has 0 aromatic heterocycles. The van der Waals surface area contributed by atoms with Crippen LogP contribution in [0.25, 0.3) is 0 Å². The van der Waals surface area contributed by atoms with E-state index in [1.807, 2.05) is 27.7 Å². The van der Waals surface area contributed by atoms with E-state index >= 15 is 0 Å². The Hall–Kier alpha value is -0.810. The van der Waals surface area contributed by atoms with E-state index in [2.05, 4.69) is 10.9 Å². The molecule has 0 bridgehead atoms. The predicted molar refractivity (Wildman–Crippen MR) is 60.9 cm³/mol.